The molecule has 1 aliphatic rings. The number of benzene rings is 2. The van der Waals surface area contributed by atoms with E-state index in [2.05, 4.69) is 5.32 Å². The topological polar surface area (TPSA) is 84.9 Å². The summed E-state index contributed by atoms with van der Waals surface area (Å²) in [5, 5.41) is 12.8. The smallest absolute Gasteiger partial charge is 0.346 e. The summed E-state index contributed by atoms with van der Waals surface area (Å²) < 4.78 is 11.3. The zero-order valence-corrected chi connectivity index (χ0v) is 18.1. The quantitative estimate of drug-likeness (QED) is 0.518. The number of carbonyl (C=O) groups excluding carboxylic acids is 1. The van der Waals surface area contributed by atoms with E-state index in [1.54, 1.807) is 7.11 Å². The predicted molar refractivity (Wildman–Crippen MR) is 121 cm³/mol. The Labute approximate surface area is 184 Å². The van der Waals surface area contributed by atoms with E-state index >= 15 is 0 Å². The van der Waals surface area contributed by atoms with Crippen molar-refractivity contribution in [3.63, 3.8) is 0 Å². The van der Waals surface area contributed by atoms with Crippen LogP contribution in [-0.2, 0) is 4.79 Å². The molecule has 2 N–H and O–H groups in total. The van der Waals surface area contributed by atoms with E-state index in [-0.39, 0.29) is 23.1 Å². The normalized spacial score (nSPS) is 15.2. The van der Waals surface area contributed by atoms with Gasteiger partial charge in [0.2, 0.25) is 5.91 Å². The summed E-state index contributed by atoms with van der Waals surface area (Å²) in [4.78, 5) is 25.8. The van der Waals surface area contributed by atoms with Crippen molar-refractivity contribution in [3.8, 4) is 22.6 Å². The lowest BCUT2D eigenvalue weighted by Gasteiger charge is -2.24. The number of hydrogen-bond donors (Lipinski definition) is 2. The van der Waals surface area contributed by atoms with Gasteiger partial charge in [-0.2, -0.15) is 0 Å². The van der Waals surface area contributed by atoms with Crippen molar-refractivity contribution in [3.05, 3.63) is 63.8 Å². The van der Waals surface area contributed by atoms with Crippen molar-refractivity contribution in [1.82, 2.24) is 0 Å². The molecule has 3 aromatic rings. The average molecular weight is 438 g/mol. The van der Waals surface area contributed by atoms with E-state index in [0.717, 1.165) is 22.4 Å². The molecule has 1 aliphatic heterocycles. The number of methoxy groups -OCH3 is 1. The van der Waals surface area contributed by atoms with E-state index in [9.17, 15) is 14.7 Å². The third-order valence-corrected chi connectivity index (χ3v) is 6.51. The van der Waals surface area contributed by atoms with Crippen LogP contribution in [0.15, 0.2) is 48.5 Å². The lowest BCUT2D eigenvalue weighted by molar-refractivity contribution is -0.116. The molecule has 0 spiro atoms. The number of carboxylic acid groups (broad SMARTS) is 1. The van der Waals surface area contributed by atoms with Crippen molar-refractivity contribution in [2.24, 2.45) is 0 Å². The Morgan fingerprint density at radius 3 is 2.65 bits per heavy atom. The lowest BCUT2D eigenvalue weighted by Crippen LogP contribution is -2.22. The molecule has 2 aromatic carbocycles. The number of ether oxygens (including phenoxy) is 2. The molecule has 7 heteroatoms. The minimum atomic E-state index is -1.01. The maximum Gasteiger partial charge on any atom is 0.346 e. The standard InChI is InChI=1S/C24H23NO5S/c1-3-11-30-18-12-15(9-10-17(18)29-2)16-13-19(26)25-21-20(14-7-5-4-6-8-14)23(24(27)28)31-22(16)21/h4-10,12,16H,3,11,13H2,1-2H3,(H,25,26)(H,27,28)/t16-/m0/s1. The predicted octanol–water partition coefficient (Wildman–Crippen LogP) is 5.38. The number of nitrogens with one attached hydrogen (secondary N) is 1. The van der Waals surface area contributed by atoms with E-state index in [1.807, 2.05) is 55.5 Å². The van der Waals surface area contributed by atoms with Gasteiger partial charge in [-0.3, -0.25) is 4.79 Å². The van der Waals surface area contributed by atoms with Crippen molar-refractivity contribution in [2.45, 2.75) is 25.7 Å². The van der Waals surface area contributed by atoms with Gasteiger partial charge >= 0.3 is 5.97 Å². The van der Waals surface area contributed by atoms with Crippen molar-refractivity contribution < 1.29 is 24.2 Å². The van der Waals surface area contributed by atoms with Gasteiger partial charge in [0.25, 0.3) is 0 Å². The first-order valence-electron chi connectivity index (χ1n) is 10.1. The largest absolute Gasteiger partial charge is 0.493 e. The Bertz CT molecular complexity index is 1120. The van der Waals surface area contributed by atoms with Crippen LogP contribution in [-0.4, -0.2) is 30.7 Å². The Hall–Kier alpha value is -3.32. The van der Waals surface area contributed by atoms with Gasteiger partial charge in [-0.1, -0.05) is 43.3 Å². The first-order chi connectivity index (χ1) is 15.0. The number of aromatic carboxylic acids is 1. The van der Waals surface area contributed by atoms with Gasteiger partial charge in [-0.25, -0.2) is 4.79 Å². The van der Waals surface area contributed by atoms with Crippen LogP contribution in [0.5, 0.6) is 11.5 Å². The number of carboxylic acids is 1. The molecule has 31 heavy (non-hydrogen) atoms. The van der Waals surface area contributed by atoms with Crippen molar-refractivity contribution >= 4 is 28.9 Å². The maximum atomic E-state index is 12.6. The first kappa shape index (κ1) is 20.9. The Morgan fingerprint density at radius 1 is 1.19 bits per heavy atom. The molecule has 1 aromatic heterocycles. The third-order valence-electron chi connectivity index (χ3n) is 5.21. The molecule has 6 nitrogen and oxygen atoms in total. The second kappa shape index (κ2) is 8.81. The molecule has 0 aliphatic carbocycles. The second-order valence-corrected chi connectivity index (χ2v) is 8.33. The SMILES string of the molecule is CCCOc1cc([C@@H]2CC(=O)Nc3c2sc(C(=O)O)c3-c2ccccc2)ccc1OC. The fraction of sp³-hybridized carbons (Fsp3) is 0.250. The lowest BCUT2D eigenvalue weighted by atomic mass is 9.88. The van der Waals surface area contributed by atoms with Crippen LogP contribution in [0.4, 0.5) is 5.69 Å². The van der Waals surface area contributed by atoms with Gasteiger partial charge < -0.3 is 19.9 Å². The third kappa shape index (κ3) is 4.01. The van der Waals surface area contributed by atoms with Crippen LogP contribution in [0.2, 0.25) is 0 Å². The highest BCUT2D eigenvalue weighted by molar-refractivity contribution is 7.15. The van der Waals surface area contributed by atoms with Crippen LogP contribution in [0.1, 0.15) is 45.8 Å². The molecule has 4 rings (SSSR count). The molecule has 0 saturated heterocycles. The molecule has 2 heterocycles. The molecular formula is C24H23NO5S. The zero-order valence-electron chi connectivity index (χ0n) is 17.3. The summed E-state index contributed by atoms with van der Waals surface area (Å²) in [6.07, 6.45) is 1.09. The van der Waals surface area contributed by atoms with E-state index < -0.39 is 5.97 Å². The number of rotatable bonds is 7. The maximum absolute atomic E-state index is 12.6. The summed E-state index contributed by atoms with van der Waals surface area (Å²) in [6.45, 7) is 2.58. The molecule has 1 atom stereocenters. The first-order valence-corrected chi connectivity index (χ1v) is 10.9. The van der Waals surface area contributed by atoms with Gasteiger partial charge in [-0.15, -0.1) is 11.3 Å². The molecule has 0 radical (unpaired) electrons. The fourth-order valence-corrected chi connectivity index (χ4v) is 5.07. The Kier molecular flexibility index (Phi) is 5.95. The molecule has 0 bridgehead atoms. The van der Waals surface area contributed by atoms with Crippen LogP contribution in [0, 0.1) is 0 Å². The van der Waals surface area contributed by atoms with Crippen LogP contribution >= 0.6 is 11.3 Å². The second-order valence-electron chi connectivity index (χ2n) is 7.28. The fourth-order valence-electron chi connectivity index (χ4n) is 3.82. The van der Waals surface area contributed by atoms with E-state index in [4.69, 9.17) is 9.47 Å². The average Bonchev–Trinajstić information content (AvgIpc) is 3.17. The molecule has 0 unspecified atom stereocenters. The van der Waals surface area contributed by atoms with Crippen molar-refractivity contribution in [2.75, 3.05) is 19.0 Å². The number of anilines is 1. The number of thiophene rings is 1. The highest BCUT2D eigenvalue weighted by atomic mass is 32.1. The molecule has 0 fully saturated rings. The Morgan fingerprint density at radius 2 is 1.97 bits per heavy atom. The summed E-state index contributed by atoms with van der Waals surface area (Å²) in [6, 6.07) is 14.9. The van der Waals surface area contributed by atoms with Gasteiger partial charge in [0.05, 0.1) is 19.4 Å². The van der Waals surface area contributed by atoms with Gasteiger partial charge in [0.15, 0.2) is 11.5 Å². The summed E-state index contributed by atoms with van der Waals surface area (Å²) in [7, 11) is 1.59. The minimum Gasteiger partial charge on any atom is -0.493 e. The van der Waals surface area contributed by atoms with Crippen LogP contribution in [0.3, 0.4) is 0 Å². The summed E-state index contributed by atoms with van der Waals surface area (Å²) in [5.41, 5.74) is 2.80. The number of carbonyl (C=O) groups is 2. The monoisotopic (exact) mass is 437 g/mol. The van der Waals surface area contributed by atoms with E-state index in [0.29, 0.717) is 29.4 Å². The van der Waals surface area contributed by atoms with Crippen LogP contribution in [0.25, 0.3) is 11.1 Å². The molecule has 160 valence electrons. The highest BCUT2D eigenvalue weighted by Crippen LogP contribution is 2.50. The van der Waals surface area contributed by atoms with Crippen LogP contribution < -0.4 is 14.8 Å². The van der Waals surface area contributed by atoms with Gasteiger partial charge in [-0.05, 0) is 29.7 Å². The Balaban J connectivity index is 1.85. The zero-order chi connectivity index (χ0) is 22.0. The molecule has 1 amide bonds. The minimum absolute atomic E-state index is 0.142. The van der Waals surface area contributed by atoms with E-state index in [1.165, 1.54) is 11.3 Å². The number of hydrogen-bond acceptors (Lipinski definition) is 5. The number of amides is 1. The van der Waals surface area contributed by atoms with Gasteiger partial charge in [0.1, 0.15) is 4.88 Å². The number of fused-ring (bicyclic) bond motifs is 1. The molecule has 0 saturated carbocycles. The van der Waals surface area contributed by atoms with Gasteiger partial charge in [0, 0.05) is 22.8 Å². The summed E-state index contributed by atoms with van der Waals surface area (Å²) >= 11 is 1.22. The molecular weight excluding hydrogens is 414 g/mol. The highest BCUT2D eigenvalue weighted by Gasteiger charge is 2.34. The van der Waals surface area contributed by atoms with Crippen molar-refractivity contribution in [1.29, 1.82) is 0 Å². The summed E-state index contributed by atoms with van der Waals surface area (Å²) in [5.74, 6) is -0.170.